The highest BCUT2D eigenvalue weighted by Gasteiger charge is 2.53. The van der Waals surface area contributed by atoms with E-state index >= 15 is 0 Å². The predicted octanol–water partition coefficient (Wildman–Crippen LogP) is 3.35. The zero-order valence-electron chi connectivity index (χ0n) is 19.8. The molecule has 1 saturated heterocycles. The third kappa shape index (κ3) is 5.14. The first kappa shape index (κ1) is 27.3. The summed E-state index contributed by atoms with van der Waals surface area (Å²) in [6.07, 6.45) is -8.24. The number of amides is 4. The molecule has 2 aromatic heterocycles. The van der Waals surface area contributed by atoms with Crippen molar-refractivity contribution in [1.29, 1.82) is 0 Å². The summed E-state index contributed by atoms with van der Waals surface area (Å²) < 4.78 is 78.6. The second kappa shape index (κ2) is 9.52. The number of urea groups is 1. The number of nitrogens with one attached hydrogen (secondary N) is 1. The number of hydrogen-bond acceptors (Lipinski definition) is 8. The molecular weight excluding hydrogens is 544 g/mol. The summed E-state index contributed by atoms with van der Waals surface area (Å²) in [6.45, 7) is 0.799. The molecule has 1 fully saturated rings. The SMILES string of the molecule is Cc1ncc(-c2nc(NC(=O)[C@H](C)N3C=NC4C3C(=O)N(CC(F)(F)F)C(=O)N4C)cs2)cc1C(F)(F)F. The third-order valence-corrected chi connectivity index (χ3v) is 6.85. The largest absolute Gasteiger partial charge is 0.418 e. The number of pyridine rings is 1. The molecule has 17 heteroatoms. The van der Waals surface area contributed by atoms with Crippen molar-refractivity contribution in [3.05, 3.63) is 28.9 Å². The summed E-state index contributed by atoms with van der Waals surface area (Å²) >= 11 is 0.954. The topological polar surface area (TPSA) is 111 Å². The van der Waals surface area contributed by atoms with Crippen LogP contribution in [0.15, 0.2) is 22.6 Å². The van der Waals surface area contributed by atoms with E-state index in [4.69, 9.17) is 0 Å². The summed E-state index contributed by atoms with van der Waals surface area (Å²) in [5.41, 5.74) is -1.04. The summed E-state index contributed by atoms with van der Waals surface area (Å²) in [6, 6.07) is -2.78. The Kier molecular flexibility index (Phi) is 6.83. The minimum Gasteiger partial charge on any atom is -0.335 e. The number of halogens is 6. The van der Waals surface area contributed by atoms with Gasteiger partial charge in [0.1, 0.15) is 23.4 Å². The number of thiazole rings is 1. The van der Waals surface area contributed by atoms with Gasteiger partial charge in [0.2, 0.25) is 5.91 Å². The molecule has 0 aromatic carbocycles. The Morgan fingerprint density at radius 3 is 2.53 bits per heavy atom. The van der Waals surface area contributed by atoms with Gasteiger partial charge >= 0.3 is 18.4 Å². The summed E-state index contributed by atoms with van der Waals surface area (Å²) in [7, 11) is 1.20. The van der Waals surface area contributed by atoms with Crippen molar-refractivity contribution in [2.75, 3.05) is 18.9 Å². The molecule has 3 atom stereocenters. The minimum atomic E-state index is -4.83. The van der Waals surface area contributed by atoms with Gasteiger partial charge in [-0.25, -0.2) is 14.8 Å². The van der Waals surface area contributed by atoms with Crippen molar-refractivity contribution in [2.24, 2.45) is 4.99 Å². The molecule has 2 aliphatic heterocycles. The Hall–Kier alpha value is -3.76. The molecule has 0 saturated carbocycles. The number of nitrogens with zero attached hydrogens (tertiary/aromatic N) is 6. The van der Waals surface area contributed by atoms with Crippen molar-refractivity contribution >= 4 is 41.3 Å². The summed E-state index contributed by atoms with van der Waals surface area (Å²) in [4.78, 5) is 52.1. The van der Waals surface area contributed by atoms with Gasteiger partial charge in [0.15, 0.2) is 12.2 Å². The second-order valence-corrected chi connectivity index (χ2v) is 9.42. The van der Waals surface area contributed by atoms with Crippen LogP contribution in [0.5, 0.6) is 0 Å². The summed E-state index contributed by atoms with van der Waals surface area (Å²) in [5.74, 6) is -1.87. The molecule has 38 heavy (non-hydrogen) atoms. The molecule has 4 amide bonds. The molecule has 10 nitrogen and oxygen atoms in total. The highest BCUT2D eigenvalue weighted by atomic mass is 32.1. The molecule has 4 rings (SSSR count). The molecule has 0 bridgehead atoms. The molecule has 1 N–H and O–H groups in total. The maximum atomic E-state index is 13.2. The lowest BCUT2D eigenvalue weighted by Crippen LogP contribution is -2.67. The first-order chi connectivity index (χ1) is 17.6. The fourth-order valence-corrected chi connectivity index (χ4v) is 4.74. The van der Waals surface area contributed by atoms with Crippen LogP contribution in [0.3, 0.4) is 0 Å². The van der Waals surface area contributed by atoms with Crippen molar-refractivity contribution in [2.45, 2.75) is 44.4 Å². The molecule has 0 aliphatic carbocycles. The van der Waals surface area contributed by atoms with Gasteiger partial charge in [-0.1, -0.05) is 0 Å². The predicted molar refractivity (Wildman–Crippen MR) is 122 cm³/mol. The van der Waals surface area contributed by atoms with Gasteiger partial charge in [0.05, 0.1) is 11.9 Å². The molecule has 204 valence electrons. The van der Waals surface area contributed by atoms with Gasteiger partial charge in [0.25, 0.3) is 5.91 Å². The lowest BCUT2D eigenvalue weighted by molar-refractivity contribution is -0.163. The zero-order chi connectivity index (χ0) is 28.2. The zero-order valence-corrected chi connectivity index (χ0v) is 20.6. The smallest absolute Gasteiger partial charge is 0.335 e. The van der Waals surface area contributed by atoms with Crippen molar-refractivity contribution in [3.63, 3.8) is 0 Å². The van der Waals surface area contributed by atoms with E-state index in [1.807, 2.05) is 0 Å². The number of likely N-dealkylation sites (N-methyl/N-ethyl adjacent to an activating group) is 1. The van der Waals surface area contributed by atoms with E-state index in [9.17, 15) is 40.7 Å². The Bertz CT molecular complexity index is 1310. The van der Waals surface area contributed by atoms with Gasteiger partial charge in [-0.3, -0.25) is 19.5 Å². The fourth-order valence-electron chi connectivity index (χ4n) is 4.01. The maximum Gasteiger partial charge on any atom is 0.418 e. The van der Waals surface area contributed by atoms with Crippen LogP contribution in [0.1, 0.15) is 18.2 Å². The number of anilines is 1. The van der Waals surface area contributed by atoms with Crippen LogP contribution >= 0.6 is 11.3 Å². The van der Waals surface area contributed by atoms with Gasteiger partial charge in [0, 0.05) is 29.9 Å². The van der Waals surface area contributed by atoms with E-state index < -0.39 is 60.6 Å². The number of carbonyl (C=O) groups is 3. The second-order valence-electron chi connectivity index (χ2n) is 8.56. The van der Waals surface area contributed by atoms with E-state index in [0.717, 1.165) is 33.5 Å². The molecule has 2 unspecified atom stereocenters. The van der Waals surface area contributed by atoms with Crippen LogP contribution in [0.4, 0.5) is 37.0 Å². The number of aryl methyl sites for hydroxylation is 1. The van der Waals surface area contributed by atoms with Crippen LogP contribution in [-0.2, 0) is 15.8 Å². The average Bonchev–Trinajstić information content (AvgIpc) is 3.46. The maximum absolute atomic E-state index is 13.2. The Morgan fingerprint density at radius 1 is 1.21 bits per heavy atom. The highest BCUT2D eigenvalue weighted by molar-refractivity contribution is 7.13. The number of aromatic nitrogens is 2. The highest BCUT2D eigenvalue weighted by Crippen LogP contribution is 2.35. The number of aliphatic imine (C=N–C) groups is 1. The minimum absolute atomic E-state index is 0.00429. The number of alkyl halides is 6. The van der Waals surface area contributed by atoms with E-state index in [-0.39, 0.29) is 27.0 Å². The number of rotatable bonds is 5. The molecule has 0 radical (unpaired) electrons. The van der Waals surface area contributed by atoms with Crippen LogP contribution in [0, 0.1) is 6.92 Å². The molecular formula is C21H19F6N7O3S. The molecule has 2 aromatic rings. The van der Waals surface area contributed by atoms with E-state index in [0.29, 0.717) is 0 Å². The lowest BCUT2D eigenvalue weighted by atomic mass is 10.1. The summed E-state index contributed by atoms with van der Waals surface area (Å²) in [5, 5.41) is 4.01. The fraction of sp³-hybridized carbons (Fsp3) is 0.429. The third-order valence-electron chi connectivity index (χ3n) is 5.96. The molecule has 4 heterocycles. The monoisotopic (exact) mass is 563 g/mol. The normalized spacial score (nSPS) is 20.7. The van der Waals surface area contributed by atoms with Crippen molar-refractivity contribution in [3.8, 4) is 10.6 Å². The number of fused-ring (bicyclic) bond motifs is 1. The van der Waals surface area contributed by atoms with Gasteiger partial charge < -0.3 is 15.1 Å². The first-order valence-electron chi connectivity index (χ1n) is 10.8. The number of imide groups is 1. The van der Waals surface area contributed by atoms with Gasteiger partial charge in [-0.05, 0) is 19.9 Å². The number of carbonyl (C=O) groups excluding carboxylic acids is 3. The standard InChI is InChI=1S/C21H19F6N7O3S/c1-9-12(21(25,26)27)4-11(5-28-9)17-31-13(6-38-17)30-16(35)10(2)34-8-29-15-14(34)18(36)33(7-20(22,23)24)19(37)32(15)3/h4-6,8,10,14-15H,7H2,1-3H3,(H,30,35)/t10-,14?,15?/m0/s1. The van der Waals surface area contributed by atoms with Crippen LogP contribution < -0.4 is 5.32 Å². The number of hydrogen-bond donors (Lipinski definition) is 1. The van der Waals surface area contributed by atoms with Crippen LogP contribution in [0.2, 0.25) is 0 Å². The van der Waals surface area contributed by atoms with E-state index in [1.165, 1.54) is 32.5 Å². The van der Waals surface area contributed by atoms with Gasteiger partial charge in [-0.2, -0.15) is 26.3 Å². The van der Waals surface area contributed by atoms with Crippen molar-refractivity contribution in [1.82, 2.24) is 24.7 Å². The Balaban J connectivity index is 1.50. The molecule has 2 aliphatic rings. The molecule has 0 spiro atoms. The van der Waals surface area contributed by atoms with E-state index in [1.54, 1.807) is 0 Å². The Labute approximate surface area is 215 Å². The Morgan fingerprint density at radius 2 is 1.89 bits per heavy atom. The van der Waals surface area contributed by atoms with Crippen molar-refractivity contribution < 1.29 is 40.7 Å². The lowest BCUT2D eigenvalue weighted by Gasteiger charge is -2.42. The van der Waals surface area contributed by atoms with E-state index in [2.05, 4.69) is 20.3 Å². The quantitative estimate of drug-likeness (QED) is 0.559. The van der Waals surface area contributed by atoms with Crippen LogP contribution in [-0.4, -0.2) is 86.9 Å². The first-order valence-corrected chi connectivity index (χ1v) is 11.7. The van der Waals surface area contributed by atoms with Crippen LogP contribution in [0.25, 0.3) is 10.6 Å². The average molecular weight is 563 g/mol. The van der Waals surface area contributed by atoms with Gasteiger partial charge in [-0.15, -0.1) is 11.3 Å².